The van der Waals surface area contributed by atoms with Crippen molar-refractivity contribution >= 4 is 23.7 Å². The van der Waals surface area contributed by atoms with E-state index in [0.717, 1.165) is 42.6 Å². The maximum Gasteiger partial charge on any atom is 0.326 e. The second kappa shape index (κ2) is 5.96. The number of hydrogen-bond acceptors (Lipinski definition) is 2. The first-order valence-electron chi connectivity index (χ1n) is 6.11. The summed E-state index contributed by atoms with van der Waals surface area (Å²) < 4.78 is 1.83. The van der Waals surface area contributed by atoms with Crippen molar-refractivity contribution in [2.45, 2.75) is 32.2 Å². The predicted molar refractivity (Wildman–Crippen MR) is 74.9 cm³/mol. The number of nitrogens with zero attached hydrogens (tertiary/aromatic N) is 1. The number of fused-ring (bicyclic) bond motifs is 1. The van der Waals surface area contributed by atoms with Crippen molar-refractivity contribution in [1.82, 2.24) is 9.55 Å². The first-order valence-corrected chi connectivity index (χ1v) is 6.74. The number of para-hydroxylation sites is 2. The van der Waals surface area contributed by atoms with Crippen LogP contribution in [0.3, 0.4) is 0 Å². The molecule has 17 heavy (non-hydrogen) atoms. The van der Waals surface area contributed by atoms with E-state index in [1.54, 1.807) is 0 Å². The monoisotopic (exact) mass is 250 g/mol. The van der Waals surface area contributed by atoms with Crippen molar-refractivity contribution in [2.75, 3.05) is 5.75 Å². The molecular weight excluding hydrogens is 232 g/mol. The number of aromatic nitrogens is 2. The van der Waals surface area contributed by atoms with E-state index in [1.165, 1.54) is 6.42 Å². The summed E-state index contributed by atoms with van der Waals surface area (Å²) in [5.41, 5.74) is 1.93. The molecule has 0 bridgehead atoms. The summed E-state index contributed by atoms with van der Waals surface area (Å²) in [5.74, 6) is 0.951. The van der Waals surface area contributed by atoms with Gasteiger partial charge in [0.25, 0.3) is 0 Å². The lowest BCUT2D eigenvalue weighted by Crippen LogP contribution is -2.16. The highest BCUT2D eigenvalue weighted by Crippen LogP contribution is 2.10. The van der Waals surface area contributed by atoms with E-state index in [2.05, 4.69) is 17.6 Å². The van der Waals surface area contributed by atoms with E-state index < -0.39 is 0 Å². The molecule has 0 aliphatic carbocycles. The third kappa shape index (κ3) is 2.94. The Labute approximate surface area is 106 Å². The summed E-state index contributed by atoms with van der Waals surface area (Å²) in [4.78, 5) is 14.6. The highest BCUT2D eigenvalue weighted by Gasteiger charge is 2.04. The average molecular weight is 250 g/mol. The van der Waals surface area contributed by atoms with Crippen molar-refractivity contribution in [3.8, 4) is 0 Å². The molecule has 1 aromatic heterocycles. The molecule has 0 aliphatic rings. The van der Waals surface area contributed by atoms with E-state index in [4.69, 9.17) is 0 Å². The van der Waals surface area contributed by atoms with Gasteiger partial charge in [0.05, 0.1) is 11.0 Å². The SMILES string of the molecule is O=c1[nH]c2ccccc2n1CCCCCCS. The van der Waals surface area contributed by atoms with E-state index in [-0.39, 0.29) is 5.69 Å². The molecule has 0 atom stereocenters. The summed E-state index contributed by atoms with van der Waals surface area (Å²) in [6, 6.07) is 7.83. The lowest BCUT2D eigenvalue weighted by Gasteiger charge is -2.02. The molecule has 2 aromatic rings. The van der Waals surface area contributed by atoms with Gasteiger partial charge in [-0.2, -0.15) is 12.6 Å². The van der Waals surface area contributed by atoms with Gasteiger partial charge in [0, 0.05) is 6.54 Å². The lowest BCUT2D eigenvalue weighted by molar-refractivity contribution is 0.583. The molecule has 3 nitrogen and oxygen atoms in total. The molecule has 4 heteroatoms. The van der Waals surface area contributed by atoms with Crippen molar-refractivity contribution in [2.24, 2.45) is 0 Å². The van der Waals surface area contributed by atoms with Gasteiger partial charge in [-0.25, -0.2) is 4.79 Å². The van der Waals surface area contributed by atoms with Crippen LogP contribution >= 0.6 is 12.6 Å². The van der Waals surface area contributed by atoms with Gasteiger partial charge in [-0.15, -0.1) is 0 Å². The molecule has 92 valence electrons. The highest BCUT2D eigenvalue weighted by atomic mass is 32.1. The summed E-state index contributed by atoms with van der Waals surface area (Å²) in [5, 5.41) is 0. The summed E-state index contributed by atoms with van der Waals surface area (Å²) in [6.45, 7) is 0.801. The molecular formula is C13H18N2OS. The number of benzene rings is 1. The second-order valence-electron chi connectivity index (χ2n) is 4.24. The molecule has 0 saturated carbocycles. The normalized spacial score (nSPS) is 11.1. The number of H-pyrrole nitrogens is 1. The van der Waals surface area contributed by atoms with Crippen LogP contribution in [0.1, 0.15) is 25.7 Å². The highest BCUT2D eigenvalue weighted by molar-refractivity contribution is 7.80. The lowest BCUT2D eigenvalue weighted by atomic mass is 10.2. The quantitative estimate of drug-likeness (QED) is 0.600. The van der Waals surface area contributed by atoms with Crippen LogP contribution < -0.4 is 5.69 Å². The predicted octanol–water partition coefficient (Wildman–Crippen LogP) is 2.82. The molecule has 0 radical (unpaired) electrons. The van der Waals surface area contributed by atoms with Gasteiger partial charge in [0.2, 0.25) is 0 Å². The molecule has 0 amide bonds. The summed E-state index contributed by atoms with van der Waals surface area (Å²) in [7, 11) is 0. The maximum absolute atomic E-state index is 11.8. The molecule has 1 aromatic carbocycles. The standard InChI is InChI=1S/C13H18N2OS/c16-13-14-11-7-3-4-8-12(11)15(13)9-5-1-2-6-10-17/h3-4,7-8,17H,1-2,5-6,9-10H2,(H,14,16). The Balaban J connectivity index is 2.03. The maximum atomic E-state index is 11.8. The van der Waals surface area contributed by atoms with Crippen molar-refractivity contribution < 1.29 is 0 Å². The molecule has 0 unspecified atom stereocenters. The van der Waals surface area contributed by atoms with E-state index in [1.807, 2.05) is 28.8 Å². The number of nitrogens with one attached hydrogen (secondary N) is 1. The van der Waals surface area contributed by atoms with Crippen LogP contribution in [0.4, 0.5) is 0 Å². The third-order valence-electron chi connectivity index (χ3n) is 2.97. The molecule has 1 N–H and O–H groups in total. The van der Waals surface area contributed by atoms with Crippen LogP contribution in [0.2, 0.25) is 0 Å². The molecule has 0 fully saturated rings. The summed E-state index contributed by atoms with van der Waals surface area (Å²) in [6.07, 6.45) is 4.56. The minimum Gasteiger partial charge on any atom is -0.306 e. The first kappa shape index (κ1) is 12.3. The zero-order valence-electron chi connectivity index (χ0n) is 9.85. The Kier molecular flexibility index (Phi) is 4.31. The fourth-order valence-electron chi connectivity index (χ4n) is 2.06. The molecule has 0 spiro atoms. The van der Waals surface area contributed by atoms with Gasteiger partial charge < -0.3 is 4.98 Å². The van der Waals surface area contributed by atoms with Gasteiger partial charge in [-0.05, 0) is 30.7 Å². The Morgan fingerprint density at radius 3 is 2.71 bits per heavy atom. The minimum atomic E-state index is 0.000366. The Hall–Kier alpha value is -1.16. The molecule has 0 aliphatic heterocycles. The van der Waals surface area contributed by atoms with Crippen LogP contribution in [0.5, 0.6) is 0 Å². The average Bonchev–Trinajstić information content (AvgIpc) is 2.65. The van der Waals surface area contributed by atoms with Gasteiger partial charge in [0.15, 0.2) is 0 Å². The number of aryl methyl sites for hydroxylation is 1. The number of unbranched alkanes of at least 4 members (excludes halogenated alkanes) is 3. The van der Waals surface area contributed by atoms with Crippen LogP contribution in [0, 0.1) is 0 Å². The van der Waals surface area contributed by atoms with Gasteiger partial charge in [-0.3, -0.25) is 4.57 Å². The van der Waals surface area contributed by atoms with Crippen molar-refractivity contribution in [3.63, 3.8) is 0 Å². The second-order valence-corrected chi connectivity index (χ2v) is 4.68. The number of rotatable bonds is 6. The van der Waals surface area contributed by atoms with E-state index in [9.17, 15) is 4.79 Å². The van der Waals surface area contributed by atoms with Crippen LogP contribution in [0.25, 0.3) is 11.0 Å². The van der Waals surface area contributed by atoms with Gasteiger partial charge in [-0.1, -0.05) is 25.0 Å². The van der Waals surface area contributed by atoms with Crippen molar-refractivity contribution in [1.29, 1.82) is 0 Å². The van der Waals surface area contributed by atoms with Gasteiger partial charge in [0.1, 0.15) is 0 Å². The number of hydrogen-bond donors (Lipinski definition) is 2. The van der Waals surface area contributed by atoms with Crippen molar-refractivity contribution in [3.05, 3.63) is 34.7 Å². The fraction of sp³-hybridized carbons (Fsp3) is 0.462. The number of imidazole rings is 1. The topological polar surface area (TPSA) is 37.8 Å². The molecule has 1 heterocycles. The smallest absolute Gasteiger partial charge is 0.306 e. The molecule has 2 rings (SSSR count). The third-order valence-corrected chi connectivity index (χ3v) is 3.29. The molecule has 0 saturated heterocycles. The first-order chi connectivity index (χ1) is 8.33. The zero-order valence-corrected chi connectivity index (χ0v) is 10.7. The fourth-order valence-corrected chi connectivity index (χ4v) is 2.29. The zero-order chi connectivity index (χ0) is 12.1. The largest absolute Gasteiger partial charge is 0.326 e. The van der Waals surface area contributed by atoms with Crippen LogP contribution in [-0.2, 0) is 6.54 Å². The summed E-state index contributed by atoms with van der Waals surface area (Å²) >= 11 is 4.19. The van der Waals surface area contributed by atoms with Gasteiger partial charge >= 0.3 is 5.69 Å². The van der Waals surface area contributed by atoms with Crippen LogP contribution in [0.15, 0.2) is 29.1 Å². The Morgan fingerprint density at radius 1 is 1.12 bits per heavy atom. The van der Waals surface area contributed by atoms with E-state index >= 15 is 0 Å². The van der Waals surface area contributed by atoms with E-state index in [0.29, 0.717) is 0 Å². The number of aromatic amines is 1. The Morgan fingerprint density at radius 2 is 1.88 bits per heavy atom. The van der Waals surface area contributed by atoms with Crippen LogP contribution in [-0.4, -0.2) is 15.3 Å². The Bertz CT molecular complexity index is 529. The minimum absolute atomic E-state index is 0.000366. The number of thiol groups is 1.